The summed E-state index contributed by atoms with van der Waals surface area (Å²) in [6, 6.07) is 20.0. The maximum Gasteiger partial charge on any atom is 0.148 e. The van der Waals surface area contributed by atoms with Crippen LogP contribution in [0.1, 0.15) is 5.56 Å². The third-order valence-electron chi connectivity index (χ3n) is 4.33. The Hall–Kier alpha value is -3.80. The molecule has 5 nitrogen and oxygen atoms in total. The van der Waals surface area contributed by atoms with E-state index in [1.54, 1.807) is 30.3 Å². The van der Waals surface area contributed by atoms with Crippen LogP contribution in [-0.2, 0) is 6.61 Å². The van der Waals surface area contributed by atoms with Crippen LogP contribution in [0.2, 0.25) is 0 Å². The van der Waals surface area contributed by atoms with Crippen LogP contribution in [0.3, 0.4) is 0 Å². The van der Waals surface area contributed by atoms with Gasteiger partial charge in [0.25, 0.3) is 0 Å². The first kappa shape index (κ1) is 17.6. The van der Waals surface area contributed by atoms with Gasteiger partial charge in [0.2, 0.25) is 0 Å². The fourth-order valence-corrected chi connectivity index (χ4v) is 2.94. The van der Waals surface area contributed by atoms with Gasteiger partial charge < -0.3 is 14.9 Å². The first-order valence-corrected chi connectivity index (χ1v) is 8.65. The van der Waals surface area contributed by atoms with Gasteiger partial charge in [-0.15, -0.1) is 0 Å². The standard InChI is InChI=1S/C22H17FN2O3/c23-18-8-4-5-9-20(18)25-19(10-11-24-25)17-12-15(21(26)13-22(17)27)14-28-16-6-2-1-3-7-16/h1-13,26-27H,14H2. The molecule has 0 unspecified atom stereocenters. The van der Waals surface area contributed by atoms with Gasteiger partial charge in [-0.25, -0.2) is 9.07 Å². The largest absolute Gasteiger partial charge is 0.507 e. The molecule has 0 aliphatic rings. The molecule has 6 heteroatoms. The number of hydrogen-bond donors (Lipinski definition) is 2. The van der Waals surface area contributed by atoms with E-state index in [2.05, 4.69) is 5.10 Å². The number of benzene rings is 3. The van der Waals surface area contributed by atoms with E-state index in [4.69, 9.17) is 4.74 Å². The number of phenols is 2. The summed E-state index contributed by atoms with van der Waals surface area (Å²) in [6.45, 7) is 0.108. The van der Waals surface area contributed by atoms with Gasteiger partial charge in [-0.2, -0.15) is 5.10 Å². The number of aromatic hydroxyl groups is 2. The Bertz CT molecular complexity index is 1110. The molecule has 0 aliphatic carbocycles. The zero-order valence-corrected chi connectivity index (χ0v) is 14.8. The zero-order chi connectivity index (χ0) is 19.5. The van der Waals surface area contributed by atoms with Crippen LogP contribution >= 0.6 is 0 Å². The van der Waals surface area contributed by atoms with E-state index in [1.165, 1.54) is 23.0 Å². The molecule has 2 N–H and O–H groups in total. The summed E-state index contributed by atoms with van der Waals surface area (Å²) < 4.78 is 21.3. The third kappa shape index (κ3) is 3.40. The zero-order valence-electron chi connectivity index (χ0n) is 14.8. The molecule has 0 saturated heterocycles. The van der Waals surface area contributed by atoms with Crippen molar-refractivity contribution in [3.8, 4) is 34.2 Å². The molecule has 0 bridgehead atoms. The second-order valence-electron chi connectivity index (χ2n) is 6.18. The van der Waals surface area contributed by atoms with Gasteiger partial charge in [0.05, 0.1) is 11.9 Å². The summed E-state index contributed by atoms with van der Waals surface area (Å²) >= 11 is 0. The Labute approximate surface area is 160 Å². The smallest absolute Gasteiger partial charge is 0.148 e. The molecule has 0 radical (unpaired) electrons. The first-order valence-electron chi connectivity index (χ1n) is 8.65. The SMILES string of the molecule is Oc1cc(O)c(-c2ccnn2-c2ccccc2F)cc1COc1ccccc1. The Morgan fingerprint density at radius 3 is 2.43 bits per heavy atom. The highest BCUT2D eigenvalue weighted by atomic mass is 19.1. The number of aromatic nitrogens is 2. The fraction of sp³-hybridized carbons (Fsp3) is 0.0455. The molecule has 0 atom stereocenters. The lowest BCUT2D eigenvalue weighted by Crippen LogP contribution is -2.02. The van der Waals surface area contributed by atoms with E-state index in [9.17, 15) is 14.6 Å². The number of rotatable bonds is 5. The average molecular weight is 376 g/mol. The van der Waals surface area contributed by atoms with E-state index in [-0.39, 0.29) is 23.8 Å². The van der Waals surface area contributed by atoms with Gasteiger partial charge in [0.15, 0.2) is 0 Å². The molecule has 0 amide bonds. The molecule has 28 heavy (non-hydrogen) atoms. The highest BCUT2D eigenvalue weighted by molar-refractivity contribution is 5.71. The predicted molar refractivity (Wildman–Crippen MR) is 103 cm³/mol. The van der Waals surface area contributed by atoms with Crippen molar-refractivity contribution in [3.63, 3.8) is 0 Å². The highest BCUT2D eigenvalue weighted by Gasteiger charge is 2.17. The van der Waals surface area contributed by atoms with E-state index < -0.39 is 5.82 Å². The number of nitrogens with zero attached hydrogens (tertiary/aromatic N) is 2. The van der Waals surface area contributed by atoms with Crippen molar-refractivity contribution in [1.82, 2.24) is 9.78 Å². The Kier molecular flexibility index (Phi) is 4.68. The molecule has 0 aliphatic heterocycles. The summed E-state index contributed by atoms with van der Waals surface area (Å²) in [5.41, 5.74) is 1.64. The summed E-state index contributed by atoms with van der Waals surface area (Å²) in [5, 5.41) is 24.8. The summed E-state index contributed by atoms with van der Waals surface area (Å²) in [6.07, 6.45) is 1.52. The second-order valence-corrected chi connectivity index (χ2v) is 6.18. The van der Waals surface area contributed by atoms with E-state index in [1.807, 2.05) is 30.3 Å². The second kappa shape index (κ2) is 7.44. The molecular weight excluding hydrogens is 359 g/mol. The Morgan fingerprint density at radius 1 is 0.893 bits per heavy atom. The first-order chi connectivity index (χ1) is 13.6. The van der Waals surface area contributed by atoms with Gasteiger partial charge in [-0.1, -0.05) is 30.3 Å². The molecule has 1 heterocycles. The minimum absolute atomic E-state index is 0.0888. The van der Waals surface area contributed by atoms with Crippen LogP contribution in [0.4, 0.5) is 4.39 Å². The monoisotopic (exact) mass is 376 g/mol. The molecule has 140 valence electrons. The van der Waals surface area contributed by atoms with E-state index >= 15 is 0 Å². The lowest BCUT2D eigenvalue weighted by molar-refractivity contribution is 0.299. The molecule has 4 rings (SSSR count). The molecule has 0 fully saturated rings. The number of hydrogen-bond acceptors (Lipinski definition) is 4. The summed E-state index contributed by atoms with van der Waals surface area (Å²) in [4.78, 5) is 0. The summed E-state index contributed by atoms with van der Waals surface area (Å²) in [5.74, 6) is -0.000496. The van der Waals surface area contributed by atoms with Crippen molar-refractivity contribution >= 4 is 0 Å². The van der Waals surface area contributed by atoms with Gasteiger partial charge in [-0.05, 0) is 36.4 Å². The Morgan fingerprint density at radius 2 is 1.64 bits per heavy atom. The molecule has 0 spiro atoms. The quantitative estimate of drug-likeness (QED) is 0.531. The lowest BCUT2D eigenvalue weighted by Gasteiger charge is -2.13. The van der Waals surface area contributed by atoms with Crippen molar-refractivity contribution in [1.29, 1.82) is 0 Å². The van der Waals surface area contributed by atoms with Crippen LogP contribution in [0.25, 0.3) is 16.9 Å². The maximum atomic E-state index is 14.2. The van der Waals surface area contributed by atoms with Gasteiger partial charge in [0.1, 0.15) is 35.4 Å². The number of para-hydroxylation sites is 2. The van der Waals surface area contributed by atoms with Gasteiger partial charge in [0, 0.05) is 17.2 Å². The lowest BCUT2D eigenvalue weighted by atomic mass is 10.1. The normalized spacial score (nSPS) is 10.8. The Balaban J connectivity index is 1.71. The van der Waals surface area contributed by atoms with Crippen molar-refractivity contribution < 1.29 is 19.3 Å². The van der Waals surface area contributed by atoms with E-state index in [0.29, 0.717) is 22.6 Å². The molecule has 0 saturated carbocycles. The average Bonchev–Trinajstić information content (AvgIpc) is 3.18. The predicted octanol–water partition coefficient (Wildman–Crippen LogP) is 4.67. The van der Waals surface area contributed by atoms with Crippen LogP contribution in [0.15, 0.2) is 79.0 Å². The van der Waals surface area contributed by atoms with Crippen LogP contribution in [-0.4, -0.2) is 20.0 Å². The minimum Gasteiger partial charge on any atom is -0.507 e. The number of phenolic OH excluding ortho intramolecular Hbond substituents is 2. The molecular formula is C22H17FN2O3. The third-order valence-corrected chi connectivity index (χ3v) is 4.33. The summed E-state index contributed by atoms with van der Waals surface area (Å²) in [7, 11) is 0. The maximum absolute atomic E-state index is 14.2. The molecule has 4 aromatic rings. The highest BCUT2D eigenvalue weighted by Crippen LogP contribution is 2.36. The van der Waals surface area contributed by atoms with Gasteiger partial charge in [-0.3, -0.25) is 0 Å². The van der Waals surface area contributed by atoms with Crippen molar-refractivity contribution in [3.05, 3.63) is 90.4 Å². The van der Waals surface area contributed by atoms with Crippen molar-refractivity contribution in [2.45, 2.75) is 6.61 Å². The number of halogens is 1. The molecule has 3 aromatic carbocycles. The molecule has 1 aromatic heterocycles. The van der Waals surface area contributed by atoms with Crippen molar-refractivity contribution in [2.24, 2.45) is 0 Å². The fourth-order valence-electron chi connectivity index (χ4n) is 2.94. The number of ether oxygens (including phenoxy) is 1. The van der Waals surface area contributed by atoms with Crippen LogP contribution in [0, 0.1) is 5.82 Å². The van der Waals surface area contributed by atoms with Crippen molar-refractivity contribution in [2.75, 3.05) is 0 Å². The minimum atomic E-state index is -0.432. The van der Waals surface area contributed by atoms with Gasteiger partial charge >= 0.3 is 0 Å². The topological polar surface area (TPSA) is 67.5 Å². The van der Waals surface area contributed by atoms with Crippen LogP contribution < -0.4 is 4.74 Å². The van der Waals surface area contributed by atoms with E-state index in [0.717, 1.165) is 0 Å². The van der Waals surface area contributed by atoms with Crippen LogP contribution in [0.5, 0.6) is 17.2 Å².